The summed E-state index contributed by atoms with van der Waals surface area (Å²) in [5, 5.41) is 21.9. The van der Waals surface area contributed by atoms with Gasteiger partial charge in [0.2, 0.25) is 0 Å². The molecule has 90 valence electrons. The van der Waals surface area contributed by atoms with Gasteiger partial charge in [-0.1, -0.05) is 24.4 Å². The van der Waals surface area contributed by atoms with Crippen molar-refractivity contribution in [2.24, 2.45) is 0 Å². The molecule has 2 N–H and O–H groups in total. The molecule has 1 heterocycles. The van der Waals surface area contributed by atoms with E-state index >= 15 is 0 Å². The summed E-state index contributed by atoms with van der Waals surface area (Å²) in [6, 6.07) is 5.21. The van der Waals surface area contributed by atoms with Crippen LogP contribution in [0.2, 0.25) is 5.15 Å². The Morgan fingerprint density at radius 1 is 1.47 bits per heavy atom. The zero-order chi connectivity index (χ0) is 12.3. The van der Waals surface area contributed by atoms with Crippen molar-refractivity contribution in [2.75, 3.05) is 11.9 Å². The number of nitrogens with zero attached hydrogens (tertiary/aromatic N) is 2. The van der Waals surface area contributed by atoms with E-state index in [1.54, 1.807) is 6.07 Å². The highest BCUT2D eigenvalue weighted by Gasteiger charge is 2.33. The molecular weight excluding hydrogens is 238 g/mol. The molecule has 1 saturated carbocycles. The van der Waals surface area contributed by atoms with Gasteiger partial charge in [-0.15, -0.1) is 0 Å². The highest BCUT2D eigenvalue weighted by atomic mass is 35.5. The predicted octanol–water partition coefficient (Wildman–Crippen LogP) is 2.32. The van der Waals surface area contributed by atoms with Gasteiger partial charge in [-0.25, -0.2) is 4.98 Å². The largest absolute Gasteiger partial charge is 0.394 e. The standard InChI is InChI=1S/C12H14ClN3O/c13-10-5-9(7-14)6-11(15-10)16-12(8-17)3-1-2-4-12/h5-6,17H,1-4,8H2,(H,15,16). The van der Waals surface area contributed by atoms with Gasteiger partial charge in [-0.2, -0.15) is 5.26 Å². The summed E-state index contributed by atoms with van der Waals surface area (Å²) >= 11 is 5.84. The van der Waals surface area contributed by atoms with Crippen molar-refractivity contribution >= 4 is 17.4 Å². The van der Waals surface area contributed by atoms with E-state index in [-0.39, 0.29) is 17.3 Å². The first-order chi connectivity index (χ1) is 8.17. The minimum Gasteiger partial charge on any atom is -0.394 e. The molecular formula is C12H14ClN3O. The average molecular weight is 252 g/mol. The summed E-state index contributed by atoms with van der Waals surface area (Å²) in [6.45, 7) is 0.0725. The lowest BCUT2D eigenvalue weighted by atomic mass is 9.99. The van der Waals surface area contributed by atoms with Crippen LogP contribution >= 0.6 is 11.6 Å². The summed E-state index contributed by atoms with van der Waals surface area (Å²) in [6.07, 6.45) is 4.03. The monoisotopic (exact) mass is 251 g/mol. The number of nitriles is 1. The molecule has 1 fully saturated rings. The molecule has 1 aliphatic carbocycles. The van der Waals surface area contributed by atoms with Crippen LogP contribution in [0, 0.1) is 11.3 Å². The Balaban J connectivity index is 2.23. The van der Waals surface area contributed by atoms with E-state index in [0.29, 0.717) is 11.4 Å². The van der Waals surface area contributed by atoms with Crippen LogP contribution in [0.4, 0.5) is 5.82 Å². The van der Waals surface area contributed by atoms with E-state index in [1.165, 1.54) is 6.07 Å². The second-order valence-electron chi connectivity index (χ2n) is 4.45. The quantitative estimate of drug-likeness (QED) is 0.809. The molecule has 1 aromatic rings. The van der Waals surface area contributed by atoms with Gasteiger partial charge in [0.05, 0.1) is 23.8 Å². The smallest absolute Gasteiger partial charge is 0.132 e. The molecule has 0 bridgehead atoms. The lowest BCUT2D eigenvalue weighted by molar-refractivity contribution is 0.214. The fourth-order valence-electron chi connectivity index (χ4n) is 2.27. The first-order valence-electron chi connectivity index (χ1n) is 5.64. The van der Waals surface area contributed by atoms with Crippen molar-refractivity contribution in [3.05, 3.63) is 22.8 Å². The van der Waals surface area contributed by atoms with Crippen LogP contribution in [-0.2, 0) is 0 Å². The lowest BCUT2D eigenvalue weighted by Gasteiger charge is -2.28. The first kappa shape index (κ1) is 12.2. The van der Waals surface area contributed by atoms with Gasteiger partial charge in [0, 0.05) is 0 Å². The Morgan fingerprint density at radius 2 is 2.18 bits per heavy atom. The van der Waals surface area contributed by atoms with E-state index < -0.39 is 0 Å². The highest BCUT2D eigenvalue weighted by Crippen LogP contribution is 2.32. The maximum absolute atomic E-state index is 9.49. The SMILES string of the molecule is N#Cc1cc(Cl)nc(NC2(CO)CCCC2)c1. The van der Waals surface area contributed by atoms with Gasteiger partial charge >= 0.3 is 0 Å². The minimum absolute atomic E-state index is 0.0725. The first-order valence-corrected chi connectivity index (χ1v) is 6.02. The van der Waals surface area contributed by atoms with Crippen LogP contribution in [-0.4, -0.2) is 22.2 Å². The highest BCUT2D eigenvalue weighted by molar-refractivity contribution is 6.29. The van der Waals surface area contributed by atoms with Crippen LogP contribution in [0.3, 0.4) is 0 Å². The van der Waals surface area contributed by atoms with E-state index in [9.17, 15) is 5.11 Å². The molecule has 0 saturated heterocycles. The summed E-state index contributed by atoms with van der Waals surface area (Å²) < 4.78 is 0. The molecule has 0 aromatic carbocycles. The van der Waals surface area contributed by atoms with E-state index in [4.69, 9.17) is 16.9 Å². The third-order valence-electron chi connectivity index (χ3n) is 3.18. The van der Waals surface area contributed by atoms with Crippen LogP contribution < -0.4 is 5.32 Å². The fraction of sp³-hybridized carbons (Fsp3) is 0.500. The molecule has 4 nitrogen and oxygen atoms in total. The Bertz CT molecular complexity index is 450. The van der Waals surface area contributed by atoms with Crippen molar-refractivity contribution in [2.45, 2.75) is 31.2 Å². The van der Waals surface area contributed by atoms with E-state index in [1.807, 2.05) is 6.07 Å². The number of aliphatic hydroxyl groups excluding tert-OH is 1. The second-order valence-corrected chi connectivity index (χ2v) is 4.83. The Kier molecular flexibility index (Phi) is 3.51. The number of pyridine rings is 1. The summed E-state index contributed by atoms with van der Waals surface area (Å²) in [4.78, 5) is 4.13. The number of hydrogen-bond acceptors (Lipinski definition) is 4. The average Bonchev–Trinajstić information content (AvgIpc) is 2.77. The van der Waals surface area contributed by atoms with Gasteiger partial charge in [-0.3, -0.25) is 0 Å². The lowest BCUT2D eigenvalue weighted by Crippen LogP contribution is -2.39. The molecule has 1 aliphatic rings. The Morgan fingerprint density at radius 3 is 2.76 bits per heavy atom. The number of hydrogen-bond donors (Lipinski definition) is 2. The van der Waals surface area contributed by atoms with E-state index in [2.05, 4.69) is 10.3 Å². The van der Waals surface area contributed by atoms with Crippen LogP contribution in [0.5, 0.6) is 0 Å². The third kappa shape index (κ3) is 2.68. The van der Waals surface area contributed by atoms with Gasteiger partial charge < -0.3 is 10.4 Å². The summed E-state index contributed by atoms with van der Waals surface area (Å²) in [5.41, 5.74) is 0.170. The van der Waals surface area contributed by atoms with Gasteiger partial charge in [-0.05, 0) is 25.0 Å². The summed E-state index contributed by atoms with van der Waals surface area (Å²) in [5.74, 6) is 0.560. The van der Waals surface area contributed by atoms with Crippen molar-refractivity contribution < 1.29 is 5.11 Å². The molecule has 5 heteroatoms. The molecule has 0 unspecified atom stereocenters. The van der Waals surface area contributed by atoms with Crippen LogP contribution in [0.25, 0.3) is 0 Å². The molecule has 2 rings (SSSR count). The molecule has 0 atom stereocenters. The molecule has 1 aromatic heterocycles. The normalized spacial score (nSPS) is 17.7. The maximum atomic E-state index is 9.49. The predicted molar refractivity (Wildman–Crippen MR) is 65.9 cm³/mol. The number of halogens is 1. The Labute approximate surface area is 105 Å². The molecule has 0 radical (unpaired) electrons. The van der Waals surface area contributed by atoms with Gasteiger partial charge in [0.15, 0.2) is 0 Å². The van der Waals surface area contributed by atoms with Gasteiger partial charge in [0.1, 0.15) is 11.0 Å². The maximum Gasteiger partial charge on any atom is 0.132 e. The zero-order valence-corrected chi connectivity index (χ0v) is 10.2. The molecule has 0 spiro atoms. The van der Waals surface area contributed by atoms with Gasteiger partial charge in [0.25, 0.3) is 0 Å². The van der Waals surface area contributed by atoms with Crippen molar-refractivity contribution in [3.8, 4) is 6.07 Å². The number of anilines is 1. The fourth-order valence-corrected chi connectivity index (χ4v) is 2.48. The topological polar surface area (TPSA) is 68.9 Å². The third-order valence-corrected chi connectivity index (χ3v) is 3.37. The molecule has 17 heavy (non-hydrogen) atoms. The summed E-state index contributed by atoms with van der Waals surface area (Å²) in [7, 11) is 0. The van der Waals surface area contributed by atoms with E-state index in [0.717, 1.165) is 25.7 Å². The van der Waals surface area contributed by atoms with Crippen molar-refractivity contribution in [1.29, 1.82) is 5.26 Å². The minimum atomic E-state index is -0.301. The van der Waals surface area contributed by atoms with Crippen LogP contribution in [0.1, 0.15) is 31.2 Å². The number of nitrogens with one attached hydrogen (secondary N) is 1. The molecule has 0 amide bonds. The zero-order valence-electron chi connectivity index (χ0n) is 9.41. The Hall–Kier alpha value is -1.31. The molecule has 0 aliphatic heterocycles. The number of aromatic nitrogens is 1. The second kappa shape index (κ2) is 4.91. The van der Waals surface area contributed by atoms with Crippen LogP contribution in [0.15, 0.2) is 12.1 Å². The van der Waals surface area contributed by atoms with Crippen molar-refractivity contribution in [1.82, 2.24) is 4.98 Å². The van der Waals surface area contributed by atoms with Crippen molar-refractivity contribution in [3.63, 3.8) is 0 Å². The number of rotatable bonds is 3. The number of aliphatic hydroxyl groups is 1.